The third kappa shape index (κ3) is 4.04. The second-order valence-electron chi connectivity index (χ2n) is 8.21. The van der Waals surface area contributed by atoms with Gasteiger partial charge in [-0.2, -0.15) is 13.2 Å². The Bertz CT molecular complexity index is 1250. The summed E-state index contributed by atoms with van der Waals surface area (Å²) in [7, 11) is 0. The SMILES string of the molecule is Cc1c(C(C)(C)C)noc1-c1nc2ccc(-c3c(F)cccc3C(F)(F)F)cc2[nH]1.Cl. The first-order valence-corrected chi connectivity index (χ1v) is 9.30. The minimum atomic E-state index is -4.67. The number of imidazole rings is 1. The number of aromatic nitrogens is 3. The van der Waals surface area contributed by atoms with Crippen molar-refractivity contribution >= 4 is 23.4 Å². The summed E-state index contributed by atoms with van der Waals surface area (Å²) in [6.07, 6.45) is -4.67. The number of rotatable bonds is 2. The highest BCUT2D eigenvalue weighted by atomic mass is 35.5. The second kappa shape index (κ2) is 7.67. The highest BCUT2D eigenvalue weighted by Crippen LogP contribution is 2.39. The van der Waals surface area contributed by atoms with Crippen LogP contribution in [0.1, 0.15) is 37.6 Å². The maximum atomic E-state index is 14.4. The van der Waals surface area contributed by atoms with E-state index in [-0.39, 0.29) is 23.4 Å². The number of alkyl halides is 3. The number of benzene rings is 2. The van der Waals surface area contributed by atoms with Crippen molar-refractivity contribution < 1.29 is 22.1 Å². The summed E-state index contributed by atoms with van der Waals surface area (Å²) < 4.78 is 60.0. The quantitative estimate of drug-likeness (QED) is 0.330. The third-order valence-electron chi connectivity index (χ3n) is 4.94. The van der Waals surface area contributed by atoms with E-state index in [1.54, 1.807) is 6.07 Å². The first-order valence-electron chi connectivity index (χ1n) is 9.30. The average molecular weight is 454 g/mol. The molecule has 0 fully saturated rings. The lowest BCUT2D eigenvalue weighted by Gasteiger charge is -2.14. The van der Waals surface area contributed by atoms with E-state index in [0.29, 0.717) is 22.6 Å². The van der Waals surface area contributed by atoms with Gasteiger partial charge in [0, 0.05) is 16.5 Å². The number of aromatic amines is 1. The molecule has 0 aliphatic heterocycles. The molecule has 0 aliphatic carbocycles. The zero-order valence-electron chi connectivity index (χ0n) is 17.2. The number of fused-ring (bicyclic) bond motifs is 1. The summed E-state index contributed by atoms with van der Waals surface area (Å²) in [6.45, 7) is 7.91. The second-order valence-corrected chi connectivity index (χ2v) is 8.21. The van der Waals surface area contributed by atoms with Crippen molar-refractivity contribution in [2.24, 2.45) is 0 Å². The number of nitrogens with zero attached hydrogens (tertiary/aromatic N) is 2. The average Bonchev–Trinajstić information content (AvgIpc) is 3.22. The molecule has 4 nitrogen and oxygen atoms in total. The van der Waals surface area contributed by atoms with E-state index in [9.17, 15) is 17.6 Å². The number of nitrogens with one attached hydrogen (secondary N) is 1. The summed E-state index contributed by atoms with van der Waals surface area (Å²) in [4.78, 5) is 7.52. The van der Waals surface area contributed by atoms with Crippen LogP contribution in [0, 0.1) is 12.7 Å². The topological polar surface area (TPSA) is 54.7 Å². The smallest absolute Gasteiger partial charge is 0.352 e. The van der Waals surface area contributed by atoms with Crippen molar-refractivity contribution in [2.45, 2.75) is 39.3 Å². The van der Waals surface area contributed by atoms with Gasteiger partial charge in [-0.25, -0.2) is 9.37 Å². The molecule has 4 aromatic rings. The zero-order chi connectivity index (χ0) is 21.8. The van der Waals surface area contributed by atoms with Gasteiger partial charge in [0.1, 0.15) is 5.82 Å². The van der Waals surface area contributed by atoms with Crippen LogP contribution in [0.2, 0.25) is 0 Å². The molecule has 0 aliphatic rings. The lowest BCUT2D eigenvalue weighted by atomic mass is 9.89. The van der Waals surface area contributed by atoms with Crippen LogP contribution in [-0.2, 0) is 11.6 Å². The Morgan fingerprint density at radius 1 is 1.03 bits per heavy atom. The number of halogens is 5. The Balaban J connectivity index is 0.00000272. The predicted octanol–water partition coefficient (Wildman–Crippen LogP) is 7.07. The molecule has 4 rings (SSSR count). The minimum absolute atomic E-state index is 0. The fourth-order valence-electron chi connectivity index (χ4n) is 3.58. The molecule has 0 bridgehead atoms. The van der Waals surface area contributed by atoms with Crippen molar-refractivity contribution in [3.63, 3.8) is 0 Å². The van der Waals surface area contributed by atoms with Crippen LogP contribution in [-0.4, -0.2) is 15.1 Å². The van der Waals surface area contributed by atoms with Crippen LogP contribution in [0.25, 0.3) is 33.7 Å². The molecule has 2 aromatic heterocycles. The third-order valence-corrected chi connectivity index (χ3v) is 4.94. The molecule has 0 radical (unpaired) electrons. The minimum Gasteiger partial charge on any atom is -0.352 e. The summed E-state index contributed by atoms with van der Waals surface area (Å²) >= 11 is 0. The largest absolute Gasteiger partial charge is 0.417 e. The Kier molecular flexibility index (Phi) is 5.65. The van der Waals surface area contributed by atoms with Gasteiger partial charge >= 0.3 is 6.18 Å². The van der Waals surface area contributed by atoms with Gasteiger partial charge in [-0.3, -0.25) is 0 Å². The van der Waals surface area contributed by atoms with E-state index < -0.39 is 23.1 Å². The Morgan fingerprint density at radius 3 is 2.35 bits per heavy atom. The van der Waals surface area contributed by atoms with E-state index >= 15 is 0 Å². The van der Waals surface area contributed by atoms with Gasteiger partial charge in [-0.15, -0.1) is 12.4 Å². The number of hydrogen-bond acceptors (Lipinski definition) is 3. The van der Waals surface area contributed by atoms with E-state index in [0.717, 1.165) is 29.5 Å². The van der Waals surface area contributed by atoms with Crippen molar-refractivity contribution in [1.29, 1.82) is 0 Å². The monoisotopic (exact) mass is 453 g/mol. The Morgan fingerprint density at radius 2 is 1.74 bits per heavy atom. The van der Waals surface area contributed by atoms with Crippen molar-refractivity contribution in [3.05, 3.63) is 59.0 Å². The van der Waals surface area contributed by atoms with Crippen LogP contribution < -0.4 is 0 Å². The molecule has 31 heavy (non-hydrogen) atoms. The molecule has 0 amide bonds. The summed E-state index contributed by atoms with van der Waals surface area (Å²) in [6, 6.07) is 7.36. The maximum Gasteiger partial charge on any atom is 0.417 e. The van der Waals surface area contributed by atoms with Crippen molar-refractivity contribution in [2.75, 3.05) is 0 Å². The van der Waals surface area contributed by atoms with Gasteiger partial charge in [0.25, 0.3) is 0 Å². The molecule has 9 heteroatoms. The van der Waals surface area contributed by atoms with Crippen LogP contribution in [0.5, 0.6) is 0 Å². The fourth-order valence-corrected chi connectivity index (χ4v) is 3.58. The first kappa shape index (κ1) is 22.8. The van der Waals surface area contributed by atoms with Crippen LogP contribution in [0.4, 0.5) is 17.6 Å². The highest BCUT2D eigenvalue weighted by molar-refractivity contribution is 5.86. The van der Waals surface area contributed by atoms with E-state index in [1.807, 2.05) is 27.7 Å². The van der Waals surface area contributed by atoms with E-state index in [2.05, 4.69) is 15.1 Å². The Hall–Kier alpha value is -2.87. The summed E-state index contributed by atoms with van der Waals surface area (Å²) in [5.74, 6) is -0.0726. The fraction of sp³-hybridized carbons (Fsp3) is 0.273. The van der Waals surface area contributed by atoms with Gasteiger partial charge in [-0.1, -0.05) is 38.1 Å². The molecule has 0 saturated heterocycles. The van der Waals surface area contributed by atoms with Gasteiger partial charge < -0.3 is 9.51 Å². The molecule has 0 spiro atoms. The van der Waals surface area contributed by atoms with Crippen molar-refractivity contribution in [3.8, 4) is 22.7 Å². The van der Waals surface area contributed by atoms with E-state index in [4.69, 9.17) is 4.52 Å². The highest BCUT2D eigenvalue weighted by Gasteiger charge is 2.35. The molecule has 2 heterocycles. The summed E-state index contributed by atoms with van der Waals surface area (Å²) in [5.41, 5.74) is 0.974. The first-order chi connectivity index (χ1) is 14.0. The maximum absolute atomic E-state index is 14.4. The lowest BCUT2D eigenvalue weighted by Crippen LogP contribution is -2.13. The van der Waals surface area contributed by atoms with Crippen LogP contribution >= 0.6 is 12.4 Å². The molecule has 164 valence electrons. The lowest BCUT2D eigenvalue weighted by molar-refractivity contribution is -0.137. The van der Waals surface area contributed by atoms with E-state index in [1.165, 1.54) is 12.1 Å². The molecule has 0 atom stereocenters. The predicted molar refractivity (Wildman–Crippen MR) is 113 cm³/mol. The summed E-state index contributed by atoms with van der Waals surface area (Å²) in [5, 5.41) is 4.14. The number of hydrogen-bond donors (Lipinski definition) is 1. The molecular weight excluding hydrogens is 434 g/mol. The van der Waals surface area contributed by atoms with Crippen LogP contribution in [0.3, 0.4) is 0 Å². The zero-order valence-corrected chi connectivity index (χ0v) is 18.0. The van der Waals surface area contributed by atoms with Crippen LogP contribution in [0.15, 0.2) is 40.9 Å². The Labute approximate surface area is 182 Å². The molecule has 0 saturated carbocycles. The van der Waals surface area contributed by atoms with Crippen molar-refractivity contribution in [1.82, 2.24) is 15.1 Å². The molecule has 1 N–H and O–H groups in total. The number of H-pyrrole nitrogens is 1. The van der Waals surface area contributed by atoms with Gasteiger partial charge in [0.15, 0.2) is 5.82 Å². The van der Waals surface area contributed by atoms with Gasteiger partial charge in [-0.05, 0) is 36.8 Å². The normalized spacial score (nSPS) is 12.3. The van der Waals surface area contributed by atoms with Gasteiger partial charge in [0.2, 0.25) is 5.76 Å². The molecular formula is C22H20ClF4N3O. The molecule has 2 aromatic carbocycles. The molecule has 0 unspecified atom stereocenters. The van der Waals surface area contributed by atoms with Gasteiger partial charge in [0.05, 0.1) is 22.3 Å². The standard InChI is InChI=1S/C22H19F4N3O.ClH/c1-11-18(30-29-19(11)21(2,3)4)20-27-15-9-8-12(10-16(15)28-20)17-13(22(24,25)26)6-5-7-14(17)23;/h5-10H,1-4H3,(H,27,28);1H.